The first kappa shape index (κ1) is 17.7. The number of amides is 3. The molecule has 25 heavy (non-hydrogen) atoms. The largest absolute Gasteiger partial charge is 0.356 e. The molecule has 2 aliphatic rings. The van der Waals surface area contributed by atoms with E-state index in [4.69, 9.17) is 0 Å². The molecule has 3 rings (SSSR count). The lowest BCUT2D eigenvalue weighted by Gasteiger charge is -2.39. The average molecular weight is 363 g/mol. The van der Waals surface area contributed by atoms with Crippen molar-refractivity contribution < 1.29 is 9.59 Å². The van der Waals surface area contributed by atoms with Crippen molar-refractivity contribution in [2.45, 2.75) is 31.7 Å². The van der Waals surface area contributed by atoms with Crippen LogP contribution in [0.3, 0.4) is 0 Å². The average Bonchev–Trinajstić information content (AvgIpc) is 3.20. The fourth-order valence-corrected chi connectivity index (χ4v) is 4.31. The van der Waals surface area contributed by atoms with Crippen LogP contribution >= 0.6 is 11.3 Å². The number of aliphatic imine (C=N–C) groups is 1. The van der Waals surface area contributed by atoms with E-state index in [2.05, 4.69) is 43.4 Å². The van der Waals surface area contributed by atoms with Gasteiger partial charge in [-0.05, 0) is 43.6 Å². The molecule has 2 aliphatic heterocycles. The normalized spacial score (nSPS) is 25.0. The van der Waals surface area contributed by atoms with Crippen molar-refractivity contribution in [3.05, 3.63) is 22.4 Å². The summed E-state index contributed by atoms with van der Waals surface area (Å²) < 4.78 is 0. The summed E-state index contributed by atoms with van der Waals surface area (Å²) in [5.41, 5.74) is -0.792. The Balaban J connectivity index is 1.50. The Bertz CT molecular complexity index is 652. The molecule has 0 bridgehead atoms. The van der Waals surface area contributed by atoms with Crippen LogP contribution in [0, 0.1) is 5.92 Å². The summed E-state index contributed by atoms with van der Waals surface area (Å²) in [4.78, 5) is 31.5. The molecule has 3 amide bonds. The number of likely N-dealkylation sites (tertiary alicyclic amines) is 1. The number of urea groups is 1. The van der Waals surface area contributed by atoms with Crippen molar-refractivity contribution >= 4 is 29.2 Å². The Kier molecular flexibility index (Phi) is 5.27. The van der Waals surface area contributed by atoms with E-state index < -0.39 is 5.54 Å². The highest BCUT2D eigenvalue weighted by atomic mass is 32.1. The lowest BCUT2D eigenvalue weighted by atomic mass is 9.79. The summed E-state index contributed by atoms with van der Waals surface area (Å²) in [5.74, 6) is 0.828. The fourth-order valence-electron chi connectivity index (χ4n) is 3.60. The van der Waals surface area contributed by atoms with Gasteiger partial charge < -0.3 is 15.5 Å². The van der Waals surface area contributed by atoms with E-state index in [9.17, 15) is 9.59 Å². The number of carbonyl (C=O) groups excluding carboxylic acids is 2. The second-order valence-corrected chi connectivity index (χ2v) is 7.71. The first-order valence-electron chi connectivity index (χ1n) is 8.64. The van der Waals surface area contributed by atoms with Crippen LogP contribution in [0.25, 0.3) is 0 Å². The third-order valence-corrected chi connectivity index (χ3v) is 6.07. The summed E-state index contributed by atoms with van der Waals surface area (Å²) in [6.45, 7) is 4.31. The molecule has 0 spiro atoms. The summed E-state index contributed by atoms with van der Waals surface area (Å²) in [6, 6.07) is 3.82. The van der Waals surface area contributed by atoms with E-state index in [1.807, 2.05) is 6.92 Å². The molecule has 2 saturated heterocycles. The first-order chi connectivity index (χ1) is 12.0. The van der Waals surface area contributed by atoms with E-state index >= 15 is 0 Å². The van der Waals surface area contributed by atoms with E-state index in [0.717, 1.165) is 44.9 Å². The molecule has 136 valence electrons. The van der Waals surface area contributed by atoms with Crippen LogP contribution in [0.15, 0.2) is 22.5 Å². The Morgan fingerprint density at radius 2 is 2.20 bits per heavy atom. The van der Waals surface area contributed by atoms with Gasteiger partial charge in [0, 0.05) is 31.6 Å². The SMILES string of the molecule is CN=C(NCCc1cccs1)N1CCC(C2(C)NC(=O)NC2=O)CC1. The van der Waals surface area contributed by atoms with Gasteiger partial charge >= 0.3 is 6.03 Å². The van der Waals surface area contributed by atoms with Gasteiger partial charge in [0.2, 0.25) is 0 Å². The smallest absolute Gasteiger partial charge is 0.322 e. The maximum absolute atomic E-state index is 12.1. The Hall–Kier alpha value is -2.09. The molecule has 7 nitrogen and oxygen atoms in total. The maximum atomic E-state index is 12.1. The molecule has 0 saturated carbocycles. The van der Waals surface area contributed by atoms with Crippen LogP contribution in [0.4, 0.5) is 4.79 Å². The number of hydrogen-bond acceptors (Lipinski definition) is 4. The van der Waals surface area contributed by atoms with Gasteiger partial charge in [0.05, 0.1) is 0 Å². The molecule has 2 fully saturated rings. The number of carbonyl (C=O) groups is 2. The predicted octanol–water partition coefficient (Wildman–Crippen LogP) is 1.18. The number of hydrogen-bond donors (Lipinski definition) is 3. The summed E-state index contributed by atoms with van der Waals surface area (Å²) in [6.07, 6.45) is 2.67. The van der Waals surface area contributed by atoms with Gasteiger partial charge in [0.25, 0.3) is 5.91 Å². The van der Waals surface area contributed by atoms with Crippen LogP contribution < -0.4 is 16.0 Å². The number of nitrogens with zero attached hydrogens (tertiary/aromatic N) is 2. The van der Waals surface area contributed by atoms with Crippen molar-refractivity contribution in [2.24, 2.45) is 10.9 Å². The third-order valence-electron chi connectivity index (χ3n) is 5.13. The van der Waals surface area contributed by atoms with Gasteiger partial charge in [-0.2, -0.15) is 0 Å². The van der Waals surface area contributed by atoms with E-state index in [1.165, 1.54) is 4.88 Å². The molecule has 0 aromatic carbocycles. The number of piperidine rings is 1. The highest BCUT2D eigenvalue weighted by Crippen LogP contribution is 2.30. The minimum Gasteiger partial charge on any atom is -0.356 e. The maximum Gasteiger partial charge on any atom is 0.322 e. The van der Waals surface area contributed by atoms with Gasteiger partial charge in [-0.3, -0.25) is 15.1 Å². The molecule has 8 heteroatoms. The second kappa shape index (κ2) is 7.43. The minimum atomic E-state index is -0.792. The zero-order chi connectivity index (χ0) is 17.9. The topological polar surface area (TPSA) is 85.8 Å². The fraction of sp³-hybridized carbons (Fsp3) is 0.588. The van der Waals surface area contributed by atoms with Crippen LogP contribution in [0.5, 0.6) is 0 Å². The van der Waals surface area contributed by atoms with Gasteiger partial charge in [-0.15, -0.1) is 11.3 Å². The van der Waals surface area contributed by atoms with Crippen LogP contribution in [0.1, 0.15) is 24.6 Å². The van der Waals surface area contributed by atoms with Crippen LogP contribution in [-0.4, -0.2) is 55.0 Å². The molecule has 3 heterocycles. The lowest BCUT2D eigenvalue weighted by Crippen LogP contribution is -2.55. The summed E-state index contributed by atoms with van der Waals surface area (Å²) in [5, 5.41) is 10.7. The number of imide groups is 1. The van der Waals surface area contributed by atoms with Gasteiger partial charge in [-0.25, -0.2) is 4.79 Å². The minimum absolute atomic E-state index is 0.138. The molecular weight excluding hydrogens is 338 g/mol. The zero-order valence-corrected chi connectivity index (χ0v) is 15.5. The van der Waals surface area contributed by atoms with Crippen molar-refractivity contribution in [1.82, 2.24) is 20.9 Å². The Morgan fingerprint density at radius 3 is 2.76 bits per heavy atom. The van der Waals surface area contributed by atoms with Crippen molar-refractivity contribution in [2.75, 3.05) is 26.7 Å². The quantitative estimate of drug-likeness (QED) is 0.426. The van der Waals surface area contributed by atoms with Gasteiger partial charge in [0.1, 0.15) is 5.54 Å². The standard InChI is InChI=1S/C17H25N5O2S/c1-17(14(23)20-16(24)21-17)12-6-9-22(10-7-12)15(18-2)19-8-5-13-4-3-11-25-13/h3-4,11-12H,5-10H2,1-2H3,(H,18,19)(H2,20,21,23,24). The summed E-state index contributed by atoms with van der Waals surface area (Å²) in [7, 11) is 1.80. The molecule has 1 unspecified atom stereocenters. The second-order valence-electron chi connectivity index (χ2n) is 6.68. The Labute approximate surface area is 151 Å². The van der Waals surface area contributed by atoms with Crippen molar-refractivity contribution in [3.8, 4) is 0 Å². The van der Waals surface area contributed by atoms with Gasteiger partial charge in [-0.1, -0.05) is 6.07 Å². The molecule has 0 aliphatic carbocycles. The van der Waals surface area contributed by atoms with E-state index in [0.29, 0.717) is 0 Å². The molecule has 1 aromatic rings. The number of guanidine groups is 1. The zero-order valence-electron chi connectivity index (χ0n) is 14.7. The first-order valence-corrected chi connectivity index (χ1v) is 9.52. The number of thiophene rings is 1. The number of rotatable bonds is 4. The molecule has 1 atom stereocenters. The molecule has 1 aromatic heterocycles. The van der Waals surface area contributed by atoms with Crippen LogP contribution in [-0.2, 0) is 11.2 Å². The van der Waals surface area contributed by atoms with Crippen molar-refractivity contribution in [3.63, 3.8) is 0 Å². The molecular formula is C17H25N5O2S. The molecule has 0 radical (unpaired) electrons. The summed E-state index contributed by atoms with van der Waals surface area (Å²) >= 11 is 1.77. The van der Waals surface area contributed by atoms with Crippen molar-refractivity contribution in [1.29, 1.82) is 0 Å². The highest BCUT2D eigenvalue weighted by molar-refractivity contribution is 7.09. The highest BCUT2D eigenvalue weighted by Gasteiger charge is 2.48. The lowest BCUT2D eigenvalue weighted by molar-refractivity contribution is -0.125. The number of nitrogens with one attached hydrogen (secondary N) is 3. The Morgan fingerprint density at radius 1 is 1.44 bits per heavy atom. The van der Waals surface area contributed by atoms with Crippen LogP contribution in [0.2, 0.25) is 0 Å². The van der Waals surface area contributed by atoms with E-state index in [-0.39, 0.29) is 17.9 Å². The van der Waals surface area contributed by atoms with Gasteiger partial charge in [0.15, 0.2) is 5.96 Å². The van der Waals surface area contributed by atoms with E-state index in [1.54, 1.807) is 18.4 Å². The predicted molar refractivity (Wildman–Crippen MR) is 98.8 cm³/mol. The third kappa shape index (κ3) is 3.78. The molecule has 3 N–H and O–H groups in total. The monoisotopic (exact) mass is 363 g/mol.